The van der Waals surface area contributed by atoms with Gasteiger partial charge in [-0.2, -0.15) is 0 Å². The lowest BCUT2D eigenvalue weighted by Crippen LogP contribution is -2.09. The third-order valence-corrected chi connectivity index (χ3v) is 4.52. The van der Waals surface area contributed by atoms with E-state index in [-0.39, 0.29) is 0 Å². The molecule has 4 rings (SSSR count). The molecule has 0 amide bonds. The molecule has 0 aromatic heterocycles. The molecule has 6 nitrogen and oxygen atoms in total. The van der Waals surface area contributed by atoms with Crippen molar-refractivity contribution in [3.63, 3.8) is 0 Å². The number of hydrogen-bond donors (Lipinski definition) is 2. The fourth-order valence-corrected chi connectivity index (χ4v) is 3.12. The highest BCUT2D eigenvalue weighted by Crippen LogP contribution is 2.37. The lowest BCUT2D eigenvalue weighted by molar-refractivity contribution is 0.589. The Balaban J connectivity index is 1.94. The fourth-order valence-electron chi connectivity index (χ4n) is 3.12. The van der Waals surface area contributed by atoms with Crippen LogP contribution in [0.25, 0.3) is 27.9 Å². The molecular weight excluding hydrogens is 350 g/mol. The van der Waals surface area contributed by atoms with Crippen LogP contribution in [0.15, 0.2) is 64.7 Å². The highest BCUT2D eigenvalue weighted by Gasteiger charge is 2.24. The van der Waals surface area contributed by atoms with Gasteiger partial charge in [0.2, 0.25) is 5.95 Å². The van der Waals surface area contributed by atoms with E-state index >= 15 is 0 Å². The van der Waals surface area contributed by atoms with E-state index in [9.17, 15) is 0 Å². The number of nitrogens with one attached hydrogen (secondary N) is 2. The van der Waals surface area contributed by atoms with Gasteiger partial charge in [0.25, 0.3) is 0 Å². The Kier molecular flexibility index (Phi) is 4.53. The second-order valence-corrected chi connectivity index (χ2v) is 6.72. The van der Waals surface area contributed by atoms with Crippen molar-refractivity contribution in [2.75, 3.05) is 24.3 Å². The quantitative estimate of drug-likeness (QED) is 0.489. The monoisotopic (exact) mass is 371 g/mol. The summed E-state index contributed by atoms with van der Waals surface area (Å²) in [6.07, 6.45) is 1.29. The minimum atomic E-state index is 0.533. The number of fused-ring (bicyclic) bond motifs is 3. The molecule has 2 aromatic carbocycles. The Morgan fingerprint density at radius 3 is 2.39 bits per heavy atom. The second-order valence-electron chi connectivity index (χ2n) is 6.72. The summed E-state index contributed by atoms with van der Waals surface area (Å²) in [6, 6.07) is 17.6. The number of nitrogens with zero attached hydrogens (tertiary/aromatic N) is 3. The Bertz CT molecular complexity index is 1140. The molecule has 0 unspecified atom stereocenters. The topological polar surface area (TPSA) is 78.0 Å². The molecule has 0 saturated carbocycles. The summed E-state index contributed by atoms with van der Waals surface area (Å²) < 4.78 is 6.21. The van der Waals surface area contributed by atoms with Crippen LogP contribution in [0.5, 0.6) is 0 Å². The molecule has 0 radical (unpaired) electrons. The molecule has 0 aliphatic carbocycles. The Morgan fingerprint density at radius 1 is 1.00 bits per heavy atom. The highest BCUT2D eigenvalue weighted by atomic mass is 16.3. The van der Waals surface area contributed by atoms with E-state index < -0.39 is 0 Å². The van der Waals surface area contributed by atoms with Crippen molar-refractivity contribution in [1.82, 2.24) is 9.97 Å². The van der Waals surface area contributed by atoms with E-state index in [0.29, 0.717) is 28.6 Å². The van der Waals surface area contributed by atoms with Crippen molar-refractivity contribution in [3.8, 4) is 11.4 Å². The zero-order valence-corrected chi connectivity index (χ0v) is 16.0. The standard InChI is InChI=1S/C22H21N5O/c1-14(24-15-9-5-4-6-10-15)17(13-23)21-20-19(25-22(26-20)27(2)3)16-11-7-8-12-18(16)28-21/h4-13,23-24H,1-3H3/b17-14+,23-13?. The van der Waals surface area contributed by atoms with E-state index in [2.05, 4.69) is 10.3 Å². The number of hydrogen-bond acceptors (Lipinski definition) is 6. The minimum Gasteiger partial charge on any atom is -0.454 e. The molecule has 0 fully saturated rings. The van der Waals surface area contributed by atoms with Gasteiger partial charge in [0, 0.05) is 37.1 Å². The van der Waals surface area contributed by atoms with Gasteiger partial charge in [-0.05, 0) is 31.2 Å². The predicted molar refractivity (Wildman–Crippen MR) is 114 cm³/mol. The zero-order chi connectivity index (χ0) is 19.7. The third-order valence-electron chi connectivity index (χ3n) is 4.52. The molecule has 2 N–H and O–H groups in total. The molecular formula is C22H21N5O. The highest BCUT2D eigenvalue weighted by molar-refractivity contribution is 6.12. The van der Waals surface area contributed by atoms with Crippen molar-refractivity contribution in [3.05, 3.63) is 66.1 Å². The predicted octanol–water partition coefficient (Wildman–Crippen LogP) is 4.89. The summed E-state index contributed by atoms with van der Waals surface area (Å²) in [6.45, 7) is 1.92. The molecule has 2 heterocycles. The fraction of sp³-hybridized carbons (Fsp3) is 0.136. The number of para-hydroxylation sites is 2. The minimum absolute atomic E-state index is 0.533. The van der Waals surface area contributed by atoms with Gasteiger partial charge in [0.1, 0.15) is 17.0 Å². The van der Waals surface area contributed by atoms with Crippen LogP contribution in [0.1, 0.15) is 12.7 Å². The summed E-state index contributed by atoms with van der Waals surface area (Å²) in [5.41, 5.74) is 4.50. The average Bonchev–Trinajstić information content (AvgIpc) is 3.15. The van der Waals surface area contributed by atoms with E-state index in [4.69, 9.17) is 14.8 Å². The van der Waals surface area contributed by atoms with Gasteiger partial charge in [-0.3, -0.25) is 0 Å². The van der Waals surface area contributed by atoms with Gasteiger partial charge in [0.05, 0.1) is 5.57 Å². The van der Waals surface area contributed by atoms with Gasteiger partial charge in [-0.25, -0.2) is 9.97 Å². The van der Waals surface area contributed by atoms with Crippen LogP contribution < -0.4 is 10.2 Å². The third kappa shape index (κ3) is 3.09. The van der Waals surface area contributed by atoms with Gasteiger partial charge >= 0.3 is 0 Å². The van der Waals surface area contributed by atoms with Crippen LogP contribution in [0.2, 0.25) is 0 Å². The van der Waals surface area contributed by atoms with E-state index in [0.717, 1.165) is 22.5 Å². The van der Waals surface area contributed by atoms with Gasteiger partial charge in [-0.1, -0.05) is 30.3 Å². The van der Waals surface area contributed by atoms with Crippen molar-refractivity contribution >= 4 is 34.4 Å². The molecule has 2 aliphatic heterocycles. The summed E-state index contributed by atoms with van der Waals surface area (Å²) >= 11 is 0. The second kappa shape index (κ2) is 7.15. The lowest BCUT2D eigenvalue weighted by atomic mass is 10.0. The maximum absolute atomic E-state index is 8.03. The largest absolute Gasteiger partial charge is 0.454 e. The first-order chi connectivity index (χ1) is 13.6. The van der Waals surface area contributed by atoms with E-state index in [1.807, 2.05) is 80.5 Å². The van der Waals surface area contributed by atoms with Gasteiger partial charge in [-0.15, -0.1) is 0 Å². The first-order valence-corrected chi connectivity index (χ1v) is 8.99. The normalized spacial score (nSPS) is 12.1. The smallest absolute Gasteiger partial charge is 0.226 e. The Morgan fingerprint density at radius 2 is 1.68 bits per heavy atom. The number of allylic oxidation sites excluding steroid dienone is 2. The summed E-state index contributed by atoms with van der Waals surface area (Å²) in [7, 11) is 3.81. The molecule has 2 aromatic rings. The Hall–Kier alpha value is -3.67. The molecule has 0 atom stereocenters. The van der Waals surface area contributed by atoms with Crippen molar-refractivity contribution < 1.29 is 4.42 Å². The SMILES string of the molecule is C/C(Nc1ccccc1)=C(/C=N)c1oc2ccccc2c2nc(N(C)C)nc1-2. The molecule has 28 heavy (non-hydrogen) atoms. The maximum Gasteiger partial charge on any atom is 0.226 e. The summed E-state index contributed by atoms with van der Waals surface area (Å²) in [5, 5.41) is 12.3. The van der Waals surface area contributed by atoms with Crippen molar-refractivity contribution in [1.29, 1.82) is 5.41 Å². The van der Waals surface area contributed by atoms with Gasteiger partial charge in [0.15, 0.2) is 5.76 Å². The van der Waals surface area contributed by atoms with Crippen LogP contribution >= 0.6 is 0 Å². The zero-order valence-electron chi connectivity index (χ0n) is 16.0. The number of anilines is 2. The summed E-state index contributed by atoms with van der Waals surface area (Å²) in [5.74, 6) is 1.14. The molecule has 0 spiro atoms. The van der Waals surface area contributed by atoms with E-state index in [1.54, 1.807) is 0 Å². The molecule has 140 valence electrons. The van der Waals surface area contributed by atoms with Crippen molar-refractivity contribution in [2.24, 2.45) is 0 Å². The van der Waals surface area contributed by atoms with Crippen LogP contribution in [0.4, 0.5) is 11.6 Å². The first-order valence-electron chi connectivity index (χ1n) is 8.99. The molecule has 0 bridgehead atoms. The van der Waals surface area contributed by atoms with Crippen LogP contribution in [0.3, 0.4) is 0 Å². The maximum atomic E-state index is 8.03. The first kappa shape index (κ1) is 17.7. The Labute approximate surface area is 163 Å². The van der Waals surface area contributed by atoms with E-state index in [1.165, 1.54) is 6.21 Å². The number of aromatic nitrogens is 2. The lowest BCUT2D eigenvalue weighted by Gasteiger charge is -2.13. The van der Waals surface area contributed by atoms with Crippen LogP contribution in [0, 0.1) is 5.41 Å². The van der Waals surface area contributed by atoms with Crippen LogP contribution in [-0.4, -0.2) is 30.3 Å². The van der Waals surface area contributed by atoms with Crippen molar-refractivity contribution in [2.45, 2.75) is 6.92 Å². The average molecular weight is 371 g/mol. The number of imidazole rings is 1. The summed E-state index contributed by atoms with van der Waals surface area (Å²) in [4.78, 5) is 11.2. The van der Waals surface area contributed by atoms with Crippen LogP contribution in [-0.2, 0) is 0 Å². The molecule has 6 heteroatoms. The molecule has 2 aliphatic rings. The van der Waals surface area contributed by atoms with Gasteiger partial charge < -0.3 is 20.0 Å². The molecule has 0 saturated heterocycles. The number of benzene rings is 2. The number of rotatable bonds is 5.